The lowest BCUT2D eigenvalue weighted by Gasteiger charge is -2.43. The molecule has 1 saturated heterocycles. The highest BCUT2D eigenvalue weighted by molar-refractivity contribution is 5.90. The first-order valence-electron chi connectivity index (χ1n) is 11.2. The van der Waals surface area contributed by atoms with Gasteiger partial charge < -0.3 is 54.3 Å². The van der Waals surface area contributed by atoms with Gasteiger partial charge in [0.2, 0.25) is 6.29 Å². The molecule has 1 aliphatic carbocycles. The predicted octanol–water partition coefficient (Wildman–Crippen LogP) is -1.00. The molecule has 35 heavy (non-hydrogen) atoms. The average molecular weight is 498 g/mol. The maximum atomic E-state index is 12.8. The third-order valence-electron chi connectivity index (χ3n) is 6.77. The minimum absolute atomic E-state index is 0.0472. The molecule has 10 atom stereocenters. The Bertz CT molecular complexity index is 946. The number of esters is 1. The summed E-state index contributed by atoms with van der Waals surface area (Å²) < 4.78 is 27.4. The van der Waals surface area contributed by atoms with E-state index in [0.29, 0.717) is 0 Å². The normalized spacial score (nSPS) is 40.6. The summed E-state index contributed by atoms with van der Waals surface area (Å²) in [6.07, 6.45) is -6.40. The Morgan fingerprint density at radius 3 is 2.60 bits per heavy atom. The molecule has 12 nitrogen and oxygen atoms in total. The van der Waals surface area contributed by atoms with Crippen molar-refractivity contribution in [2.45, 2.75) is 62.0 Å². The number of aliphatic hydroxyl groups excluding tert-OH is 4. The van der Waals surface area contributed by atoms with E-state index in [1.54, 1.807) is 6.08 Å². The maximum absolute atomic E-state index is 12.8. The van der Waals surface area contributed by atoms with E-state index >= 15 is 0 Å². The van der Waals surface area contributed by atoms with Crippen LogP contribution >= 0.6 is 0 Å². The van der Waals surface area contributed by atoms with Gasteiger partial charge in [0.25, 0.3) is 0 Å². The van der Waals surface area contributed by atoms with Crippen molar-refractivity contribution >= 4 is 5.97 Å². The molecule has 0 radical (unpaired) electrons. The van der Waals surface area contributed by atoms with Crippen LogP contribution in [0.1, 0.15) is 23.7 Å². The second-order valence-corrected chi connectivity index (χ2v) is 9.16. The van der Waals surface area contributed by atoms with E-state index < -0.39 is 73.1 Å². The zero-order valence-electron chi connectivity index (χ0n) is 19.1. The fourth-order valence-corrected chi connectivity index (χ4v) is 4.90. The molecule has 6 N–H and O–H groups in total. The predicted molar refractivity (Wildman–Crippen MR) is 115 cm³/mol. The van der Waals surface area contributed by atoms with Gasteiger partial charge in [0, 0.05) is 12.3 Å². The van der Waals surface area contributed by atoms with Crippen LogP contribution in [0.15, 0.2) is 30.5 Å². The molecule has 0 aromatic heterocycles. The monoisotopic (exact) mass is 498 g/mol. The number of methoxy groups -OCH3 is 1. The van der Waals surface area contributed by atoms with Gasteiger partial charge in [-0.2, -0.15) is 0 Å². The molecule has 1 aromatic carbocycles. The lowest BCUT2D eigenvalue weighted by Crippen LogP contribution is -2.60. The van der Waals surface area contributed by atoms with Crippen LogP contribution < -0.4 is 4.74 Å². The number of carbonyl (C=O) groups excluding carboxylic acids is 1. The minimum atomic E-state index is -1.65. The molecule has 1 saturated carbocycles. The highest BCUT2D eigenvalue weighted by Crippen LogP contribution is 2.48. The van der Waals surface area contributed by atoms with E-state index in [1.807, 2.05) is 0 Å². The van der Waals surface area contributed by atoms with Gasteiger partial charge in [0.15, 0.2) is 17.8 Å². The number of phenolic OH excluding ortho intramolecular Hbond substituents is 1. The van der Waals surface area contributed by atoms with Gasteiger partial charge in [-0.3, -0.25) is 0 Å². The number of ether oxygens (including phenoxy) is 5. The summed E-state index contributed by atoms with van der Waals surface area (Å²) in [5.74, 6) is -2.00. The molecule has 0 unspecified atom stereocenters. The standard InChI is InChI=1S/C23H30O12/c1-23(30)8-14(33-20(29)10-3-4-12(25)13(7-10)31-2)11-5-6-32-21(16(11)23)35-22-19(28)18(27)17(26)15(9-24)34-22/h3-7,11,14-19,21-22,24-28,30H,8-9H2,1-2H3/t11-,14-,15-,16-,17-,18+,19-,21+,22+,23+/m1/s1. The molecule has 2 fully saturated rings. The highest BCUT2D eigenvalue weighted by atomic mass is 16.8. The number of benzene rings is 1. The molecule has 0 amide bonds. The van der Waals surface area contributed by atoms with Gasteiger partial charge in [-0.05, 0) is 31.2 Å². The van der Waals surface area contributed by atoms with Gasteiger partial charge in [-0.25, -0.2) is 4.79 Å². The van der Waals surface area contributed by atoms with Crippen molar-refractivity contribution in [3.05, 3.63) is 36.1 Å². The summed E-state index contributed by atoms with van der Waals surface area (Å²) in [6.45, 7) is 0.911. The number of phenols is 1. The smallest absolute Gasteiger partial charge is 0.338 e. The molecular formula is C23H30O12. The first kappa shape index (κ1) is 25.6. The molecule has 0 spiro atoms. The third kappa shape index (κ3) is 4.83. The largest absolute Gasteiger partial charge is 0.504 e. The summed E-state index contributed by atoms with van der Waals surface area (Å²) >= 11 is 0. The number of hydrogen-bond donors (Lipinski definition) is 6. The second kappa shape index (κ2) is 9.90. The Hall–Kier alpha value is -2.45. The minimum Gasteiger partial charge on any atom is -0.504 e. The molecule has 4 rings (SSSR count). The van der Waals surface area contributed by atoms with Crippen LogP contribution in [0.2, 0.25) is 0 Å². The second-order valence-electron chi connectivity index (χ2n) is 9.16. The van der Waals surface area contributed by atoms with Crippen LogP contribution in [0.4, 0.5) is 0 Å². The van der Waals surface area contributed by atoms with E-state index in [4.69, 9.17) is 23.7 Å². The molecule has 194 valence electrons. The van der Waals surface area contributed by atoms with E-state index in [9.17, 15) is 35.4 Å². The average Bonchev–Trinajstić information content (AvgIpc) is 3.09. The van der Waals surface area contributed by atoms with Crippen molar-refractivity contribution in [1.29, 1.82) is 0 Å². The van der Waals surface area contributed by atoms with Crippen molar-refractivity contribution in [3.8, 4) is 11.5 Å². The molecule has 2 aliphatic heterocycles. The lowest BCUT2D eigenvalue weighted by atomic mass is 9.85. The Labute approximate surface area is 200 Å². The summed E-state index contributed by atoms with van der Waals surface area (Å²) in [4.78, 5) is 12.8. The summed E-state index contributed by atoms with van der Waals surface area (Å²) in [5.41, 5.74) is -1.28. The van der Waals surface area contributed by atoms with Gasteiger partial charge in [-0.1, -0.05) is 0 Å². The summed E-state index contributed by atoms with van der Waals surface area (Å²) in [6, 6.07) is 4.03. The lowest BCUT2D eigenvalue weighted by molar-refractivity contribution is -0.346. The summed E-state index contributed by atoms with van der Waals surface area (Å²) in [5, 5.41) is 60.6. The van der Waals surface area contributed by atoms with E-state index in [1.165, 1.54) is 38.5 Å². The number of aromatic hydroxyl groups is 1. The van der Waals surface area contributed by atoms with E-state index in [0.717, 1.165) is 0 Å². The van der Waals surface area contributed by atoms with Crippen molar-refractivity contribution in [3.63, 3.8) is 0 Å². The number of carbonyl (C=O) groups is 1. The topological polar surface area (TPSA) is 185 Å². The van der Waals surface area contributed by atoms with Crippen molar-refractivity contribution in [2.24, 2.45) is 11.8 Å². The van der Waals surface area contributed by atoms with Gasteiger partial charge in [-0.15, -0.1) is 0 Å². The molecule has 12 heteroatoms. The Morgan fingerprint density at radius 1 is 1.17 bits per heavy atom. The summed E-state index contributed by atoms with van der Waals surface area (Å²) in [7, 11) is 1.35. The number of fused-ring (bicyclic) bond motifs is 1. The van der Waals surface area contributed by atoms with Crippen molar-refractivity contribution in [1.82, 2.24) is 0 Å². The van der Waals surface area contributed by atoms with Gasteiger partial charge in [0.1, 0.15) is 30.5 Å². The van der Waals surface area contributed by atoms with Gasteiger partial charge in [0.05, 0.1) is 37.1 Å². The maximum Gasteiger partial charge on any atom is 0.338 e. The SMILES string of the molecule is COc1cc(C(=O)O[C@@H]2C[C@](C)(O)[C@H]3[C@H](O[C@@H]4O[C@H](CO)[C@@H](O)[C@H](O)[C@H]4O)OC=C[C@@H]32)ccc1O. The zero-order chi connectivity index (χ0) is 25.5. The van der Waals surface area contributed by atoms with E-state index in [-0.39, 0.29) is 23.5 Å². The first-order chi connectivity index (χ1) is 16.6. The number of aliphatic hydroxyl groups is 5. The van der Waals surface area contributed by atoms with Crippen molar-refractivity contribution < 1.29 is 59.1 Å². The molecular weight excluding hydrogens is 468 g/mol. The number of rotatable bonds is 6. The van der Waals surface area contributed by atoms with Crippen LogP contribution in [-0.2, 0) is 18.9 Å². The molecule has 0 bridgehead atoms. The Morgan fingerprint density at radius 2 is 1.91 bits per heavy atom. The molecule has 2 heterocycles. The van der Waals surface area contributed by atoms with Crippen LogP contribution in [0, 0.1) is 11.8 Å². The van der Waals surface area contributed by atoms with Gasteiger partial charge >= 0.3 is 5.97 Å². The zero-order valence-corrected chi connectivity index (χ0v) is 19.1. The Kier molecular flexibility index (Phi) is 7.25. The quantitative estimate of drug-likeness (QED) is 0.263. The van der Waals surface area contributed by atoms with Crippen LogP contribution in [0.5, 0.6) is 11.5 Å². The first-order valence-corrected chi connectivity index (χ1v) is 11.2. The fraction of sp³-hybridized carbons (Fsp3) is 0.609. The number of hydrogen-bond acceptors (Lipinski definition) is 12. The van der Waals surface area contributed by atoms with E-state index in [2.05, 4.69) is 0 Å². The van der Waals surface area contributed by atoms with Crippen LogP contribution in [-0.4, -0.2) is 99.0 Å². The highest BCUT2D eigenvalue weighted by Gasteiger charge is 2.58. The fourth-order valence-electron chi connectivity index (χ4n) is 4.90. The van der Waals surface area contributed by atoms with Crippen molar-refractivity contribution in [2.75, 3.05) is 13.7 Å². The third-order valence-corrected chi connectivity index (χ3v) is 6.77. The van der Waals surface area contributed by atoms with Crippen LogP contribution in [0.3, 0.4) is 0 Å². The van der Waals surface area contributed by atoms with Crippen LogP contribution in [0.25, 0.3) is 0 Å². The molecule has 1 aromatic rings. The molecule has 3 aliphatic rings. The Balaban J connectivity index is 1.50.